The van der Waals surface area contributed by atoms with Crippen molar-refractivity contribution in [2.24, 2.45) is 0 Å². The third-order valence-electron chi connectivity index (χ3n) is 1.24. The zero-order valence-electron chi connectivity index (χ0n) is 6.46. The van der Waals surface area contributed by atoms with Crippen molar-refractivity contribution >= 4 is 21.6 Å². The molecule has 0 saturated carbocycles. The lowest BCUT2D eigenvalue weighted by molar-refractivity contribution is 0.254. The maximum Gasteiger partial charge on any atom is 0.294 e. The Balaban J connectivity index is 2.48. The topological polar surface area (TPSA) is 0 Å². The van der Waals surface area contributed by atoms with Gasteiger partial charge in [-0.05, 0) is 29.9 Å². The van der Waals surface area contributed by atoms with E-state index in [1.807, 2.05) is 31.2 Å². The van der Waals surface area contributed by atoms with E-state index >= 15 is 0 Å². The Kier molecular flexibility index (Phi) is 3.88. The molecular formula is C8H8F2S2. The van der Waals surface area contributed by atoms with E-state index in [0.717, 1.165) is 21.3 Å². The molecule has 0 radical (unpaired) electrons. The maximum absolute atomic E-state index is 11.7. The van der Waals surface area contributed by atoms with Crippen LogP contribution in [0.3, 0.4) is 0 Å². The summed E-state index contributed by atoms with van der Waals surface area (Å²) in [5.41, 5.74) is 1.14. The van der Waals surface area contributed by atoms with Crippen LogP contribution in [-0.4, -0.2) is 5.76 Å². The van der Waals surface area contributed by atoms with Gasteiger partial charge in [0.1, 0.15) is 0 Å². The predicted octanol–water partition coefficient (Wildman–Crippen LogP) is 3.96. The molecule has 0 saturated heterocycles. The third kappa shape index (κ3) is 3.45. The minimum atomic E-state index is -2.31. The Bertz CT molecular complexity index is 233. The van der Waals surface area contributed by atoms with Crippen LogP contribution in [0.15, 0.2) is 29.2 Å². The van der Waals surface area contributed by atoms with Crippen molar-refractivity contribution in [3.63, 3.8) is 0 Å². The number of hydrogen-bond acceptors (Lipinski definition) is 2. The molecular weight excluding hydrogens is 198 g/mol. The average molecular weight is 206 g/mol. The fourth-order valence-electron chi connectivity index (χ4n) is 0.686. The molecule has 1 aromatic rings. The molecule has 0 atom stereocenters. The van der Waals surface area contributed by atoms with Gasteiger partial charge in [-0.1, -0.05) is 28.5 Å². The molecule has 0 N–H and O–H groups in total. The SMILES string of the molecule is Cc1ccc(SSC(F)F)cc1. The highest BCUT2D eigenvalue weighted by Gasteiger charge is 2.03. The molecule has 0 aromatic heterocycles. The zero-order valence-corrected chi connectivity index (χ0v) is 8.09. The van der Waals surface area contributed by atoms with E-state index in [1.54, 1.807) is 0 Å². The summed E-state index contributed by atoms with van der Waals surface area (Å²) in [6.45, 7) is 1.97. The number of aryl methyl sites for hydroxylation is 1. The largest absolute Gasteiger partial charge is 0.294 e. The van der Waals surface area contributed by atoms with E-state index in [-0.39, 0.29) is 0 Å². The molecule has 0 aliphatic heterocycles. The molecule has 0 heterocycles. The van der Waals surface area contributed by atoms with Crippen LogP contribution in [0.5, 0.6) is 0 Å². The van der Waals surface area contributed by atoms with Crippen molar-refractivity contribution in [2.45, 2.75) is 17.6 Å². The lowest BCUT2D eigenvalue weighted by Gasteiger charge is -1.99. The lowest BCUT2D eigenvalue weighted by atomic mass is 10.2. The molecule has 0 nitrogen and oxygen atoms in total. The highest BCUT2D eigenvalue weighted by molar-refractivity contribution is 8.76. The molecule has 0 fully saturated rings. The van der Waals surface area contributed by atoms with Gasteiger partial charge < -0.3 is 0 Å². The van der Waals surface area contributed by atoms with Crippen LogP contribution in [0, 0.1) is 6.92 Å². The van der Waals surface area contributed by atoms with Gasteiger partial charge in [-0.15, -0.1) is 0 Å². The van der Waals surface area contributed by atoms with Crippen LogP contribution in [0.4, 0.5) is 8.78 Å². The van der Waals surface area contributed by atoms with E-state index in [2.05, 4.69) is 0 Å². The molecule has 66 valence electrons. The average Bonchev–Trinajstić information content (AvgIpc) is 2.03. The Morgan fingerprint density at radius 1 is 1.17 bits per heavy atom. The first-order chi connectivity index (χ1) is 5.68. The van der Waals surface area contributed by atoms with E-state index in [0.29, 0.717) is 10.8 Å². The molecule has 1 rings (SSSR count). The fourth-order valence-corrected chi connectivity index (χ4v) is 2.00. The van der Waals surface area contributed by atoms with Gasteiger partial charge in [0, 0.05) is 4.90 Å². The number of halogens is 2. The number of alkyl halides is 2. The summed E-state index contributed by atoms with van der Waals surface area (Å²) in [6.07, 6.45) is 0. The maximum atomic E-state index is 11.7. The zero-order chi connectivity index (χ0) is 8.97. The molecule has 0 aliphatic rings. The highest BCUT2D eigenvalue weighted by Crippen LogP contribution is 2.35. The van der Waals surface area contributed by atoms with Crippen LogP contribution in [0.25, 0.3) is 0 Å². The quantitative estimate of drug-likeness (QED) is 0.686. The Morgan fingerprint density at radius 2 is 1.75 bits per heavy atom. The minimum absolute atomic E-state index is 0.574. The highest BCUT2D eigenvalue weighted by atomic mass is 33.1. The summed E-state index contributed by atoms with van der Waals surface area (Å²) in [5.74, 6) is -2.31. The first-order valence-corrected chi connectivity index (χ1v) is 5.58. The van der Waals surface area contributed by atoms with E-state index in [1.165, 1.54) is 0 Å². The van der Waals surface area contributed by atoms with Crippen LogP contribution in [0.2, 0.25) is 0 Å². The van der Waals surface area contributed by atoms with Crippen molar-refractivity contribution in [2.75, 3.05) is 0 Å². The third-order valence-corrected chi connectivity index (χ3v) is 3.25. The standard InChI is InChI=1S/C8H8F2S2/c1-6-2-4-7(5-3-6)11-12-8(9)10/h2-5,8H,1H3. The Morgan fingerprint density at radius 3 is 2.25 bits per heavy atom. The Hall–Kier alpha value is -0.220. The van der Waals surface area contributed by atoms with Crippen molar-refractivity contribution in [3.8, 4) is 0 Å². The monoisotopic (exact) mass is 206 g/mol. The van der Waals surface area contributed by atoms with E-state index < -0.39 is 5.76 Å². The normalized spacial score (nSPS) is 10.7. The fraction of sp³-hybridized carbons (Fsp3) is 0.250. The van der Waals surface area contributed by atoms with Gasteiger partial charge >= 0.3 is 0 Å². The summed E-state index contributed by atoms with van der Waals surface area (Å²) in [5, 5.41) is 0. The second kappa shape index (κ2) is 4.72. The second-order valence-electron chi connectivity index (χ2n) is 2.25. The van der Waals surface area contributed by atoms with Crippen LogP contribution < -0.4 is 0 Å². The molecule has 0 spiro atoms. The number of rotatable bonds is 3. The van der Waals surface area contributed by atoms with Gasteiger partial charge in [-0.25, -0.2) is 0 Å². The van der Waals surface area contributed by atoms with Crippen molar-refractivity contribution in [1.29, 1.82) is 0 Å². The molecule has 4 heteroatoms. The smallest absolute Gasteiger partial charge is 0.197 e. The van der Waals surface area contributed by atoms with Gasteiger partial charge in [0.2, 0.25) is 0 Å². The number of benzene rings is 1. The first kappa shape index (κ1) is 9.86. The summed E-state index contributed by atoms with van der Waals surface area (Å²) < 4.78 is 23.5. The van der Waals surface area contributed by atoms with Crippen molar-refractivity contribution < 1.29 is 8.78 Å². The molecule has 0 aliphatic carbocycles. The molecule has 12 heavy (non-hydrogen) atoms. The molecule has 0 unspecified atom stereocenters. The summed E-state index contributed by atoms with van der Waals surface area (Å²) in [6, 6.07) is 7.51. The van der Waals surface area contributed by atoms with Gasteiger partial charge in [0.15, 0.2) is 0 Å². The minimum Gasteiger partial charge on any atom is -0.197 e. The molecule has 0 bridgehead atoms. The summed E-state index contributed by atoms with van der Waals surface area (Å²) >= 11 is 0. The van der Waals surface area contributed by atoms with Crippen LogP contribution >= 0.6 is 21.6 Å². The van der Waals surface area contributed by atoms with E-state index in [9.17, 15) is 8.78 Å². The van der Waals surface area contributed by atoms with Crippen molar-refractivity contribution in [1.82, 2.24) is 0 Å². The van der Waals surface area contributed by atoms with Gasteiger partial charge in [-0.3, -0.25) is 0 Å². The second-order valence-corrected chi connectivity index (χ2v) is 4.52. The lowest BCUT2D eigenvalue weighted by Crippen LogP contribution is -1.76. The van der Waals surface area contributed by atoms with Crippen LogP contribution in [-0.2, 0) is 0 Å². The molecule has 1 aromatic carbocycles. The Labute approximate surface area is 78.1 Å². The van der Waals surface area contributed by atoms with Crippen LogP contribution in [0.1, 0.15) is 5.56 Å². The van der Waals surface area contributed by atoms with Gasteiger partial charge in [0.05, 0.1) is 0 Å². The predicted molar refractivity (Wildman–Crippen MR) is 50.6 cm³/mol. The molecule has 0 amide bonds. The van der Waals surface area contributed by atoms with E-state index in [4.69, 9.17) is 0 Å². The first-order valence-electron chi connectivity index (χ1n) is 3.36. The summed E-state index contributed by atoms with van der Waals surface area (Å²) in [7, 11) is 1.68. The summed E-state index contributed by atoms with van der Waals surface area (Å²) in [4.78, 5) is 0.867. The number of hydrogen-bond donors (Lipinski definition) is 0. The van der Waals surface area contributed by atoms with Gasteiger partial charge in [-0.2, -0.15) is 8.78 Å². The van der Waals surface area contributed by atoms with Gasteiger partial charge in [0.25, 0.3) is 5.76 Å². The van der Waals surface area contributed by atoms with Crippen molar-refractivity contribution in [3.05, 3.63) is 29.8 Å².